The molecule has 3 aromatic rings. The summed E-state index contributed by atoms with van der Waals surface area (Å²) in [7, 11) is 0. The highest BCUT2D eigenvalue weighted by Gasteiger charge is 2.24. The summed E-state index contributed by atoms with van der Waals surface area (Å²) in [6, 6.07) is 14.7. The Labute approximate surface area is 168 Å². The lowest BCUT2D eigenvalue weighted by Crippen LogP contribution is -2.49. The molecule has 7 nitrogen and oxygen atoms in total. The summed E-state index contributed by atoms with van der Waals surface area (Å²) in [4.78, 5) is 32.2. The number of pyridine rings is 1. The van der Waals surface area contributed by atoms with Crippen molar-refractivity contribution in [3.05, 3.63) is 75.3 Å². The van der Waals surface area contributed by atoms with Crippen molar-refractivity contribution >= 4 is 28.3 Å². The first-order valence-electron chi connectivity index (χ1n) is 9.59. The first-order chi connectivity index (χ1) is 13.9. The fourth-order valence-electron chi connectivity index (χ4n) is 3.81. The Morgan fingerprint density at radius 2 is 1.72 bits per heavy atom. The SMILES string of the molecule is Cc1cc(C(=O)N2CCN(c3cc(C)c4ccccc4n3)CC2)ccc1[N+](=O)[O-]. The number of nitrogens with zero attached hydrogens (tertiary/aromatic N) is 4. The van der Waals surface area contributed by atoms with Gasteiger partial charge in [0.15, 0.2) is 0 Å². The summed E-state index contributed by atoms with van der Waals surface area (Å²) in [6.07, 6.45) is 0. The number of para-hydroxylation sites is 1. The molecule has 0 unspecified atom stereocenters. The second-order valence-electron chi connectivity index (χ2n) is 7.35. The molecule has 148 valence electrons. The van der Waals surface area contributed by atoms with Gasteiger partial charge in [0.1, 0.15) is 5.82 Å². The summed E-state index contributed by atoms with van der Waals surface area (Å²) >= 11 is 0. The van der Waals surface area contributed by atoms with Crippen molar-refractivity contribution < 1.29 is 9.72 Å². The van der Waals surface area contributed by atoms with Gasteiger partial charge in [-0.05, 0) is 43.7 Å². The van der Waals surface area contributed by atoms with Gasteiger partial charge in [-0.15, -0.1) is 0 Å². The molecule has 1 fully saturated rings. The number of benzene rings is 2. The number of nitro benzene ring substituents is 1. The fraction of sp³-hybridized carbons (Fsp3) is 0.273. The normalized spacial score (nSPS) is 14.3. The van der Waals surface area contributed by atoms with E-state index in [2.05, 4.69) is 24.0 Å². The molecule has 0 bridgehead atoms. The molecule has 2 aromatic carbocycles. The Bertz CT molecular complexity index is 1100. The topological polar surface area (TPSA) is 79.6 Å². The van der Waals surface area contributed by atoms with E-state index in [1.165, 1.54) is 17.7 Å². The van der Waals surface area contributed by atoms with Crippen molar-refractivity contribution in [3.63, 3.8) is 0 Å². The van der Waals surface area contributed by atoms with Crippen molar-refractivity contribution in [2.45, 2.75) is 13.8 Å². The molecule has 1 aromatic heterocycles. The van der Waals surface area contributed by atoms with Gasteiger partial charge in [-0.1, -0.05) is 18.2 Å². The van der Waals surface area contributed by atoms with Gasteiger partial charge in [0.2, 0.25) is 0 Å². The van der Waals surface area contributed by atoms with Crippen LogP contribution in [0.1, 0.15) is 21.5 Å². The number of piperazine rings is 1. The summed E-state index contributed by atoms with van der Waals surface area (Å²) < 4.78 is 0. The lowest BCUT2D eigenvalue weighted by Gasteiger charge is -2.35. The molecule has 0 spiro atoms. The van der Waals surface area contributed by atoms with E-state index in [0.717, 1.165) is 16.7 Å². The average molecular weight is 390 g/mol. The van der Waals surface area contributed by atoms with Gasteiger partial charge in [-0.2, -0.15) is 0 Å². The number of anilines is 1. The quantitative estimate of drug-likeness (QED) is 0.503. The number of hydrogen-bond acceptors (Lipinski definition) is 5. The van der Waals surface area contributed by atoms with Crippen molar-refractivity contribution in [2.24, 2.45) is 0 Å². The molecule has 1 saturated heterocycles. The average Bonchev–Trinajstić information content (AvgIpc) is 2.73. The third kappa shape index (κ3) is 3.63. The molecule has 4 rings (SSSR count). The minimum atomic E-state index is -0.430. The second kappa shape index (κ2) is 7.50. The van der Waals surface area contributed by atoms with E-state index in [1.54, 1.807) is 17.9 Å². The molecule has 7 heteroatoms. The third-order valence-corrected chi connectivity index (χ3v) is 5.44. The molecular weight excluding hydrogens is 368 g/mol. The molecule has 0 radical (unpaired) electrons. The smallest absolute Gasteiger partial charge is 0.272 e. The van der Waals surface area contributed by atoms with Crippen molar-refractivity contribution in [3.8, 4) is 0 Å². The number of hydrogen-bond donors (Lipinski definition) is 0. The van der Waals surface area contributed by atoms with E-state index in [9.17, 15) is 14.9 Å². The van der Waals surface area contributed by atoms with Crippen LogP contribution in [0.25, 0.3) is 10.9 Å². The van der Waals surface area contributed by atoms with Gasteiger partial charge in [0, 0.05) is 48.8 Å². The maximum Gasteiger partial charge on any atom is 0.272 e. The molecule has 0 aliphatic carbocycles. The molecular formula is C22H22N4O3. The number of carbonyl (C=O) groups excluding carboxylic acids is 1. The number of amides is 1. The zero-order valence-corrected chi connectivity index (χ0v) is 16.5. The maximum absolute atomic E-state index is 12.8. The van der Waals surface area contributed by atoms with Crippen LogP contribution in [0.4, 0.5) is 11.5 Å². The number of fused-ring (bicyclic) bond motifs is 1. The predicted octanol–water partition coefficient (Wildman–Crippen LogP) is 3.72. The van der Waals surface area contributed by atoms with Crippen LogP contribution in [-0.2, 0) is 0 Å². The number of aromatic nitrogens is 1. The minimum Gasteiger partial charge on any atom is -0.353 e. The lowest BCUT2D eigenvalue weighted by molar-refractivity contribution is -0.385. The molecule has 0 atom stereocenters. The largest absolute Gasteiger partial charge is 0.353 e. The Hall–Kier alpha value is -3.48. The van der Waals surface area contributed by atoms with Gasteiger partial charge in [0.25, 0.3) is 11.6 Å². The molecule has 1 aliphatic heterocycles. The van der Waals surface area contributed by atoms with E-state index >= 15 is 0 Å². The number of aryl methyl sites for hydroxylation is 2. The third-order valence-electron chi connectivity index (χ3n) is 5.44. The lowest BCUT2D eigenvalue weighted by atomic mass is 10.1. The van der Waals surface area contributed by atoms with Gasteiger partial charge >= 0.3 is 0 Å². The van der Waals surface area contributed by atoms with Gasteiger partial charge < -0.3 is 9.80 Å². The summed E-state index contributed by atoms with van der Waals surface area (Å²) in [5, 5.41) is 12.1. The first-order valence-corrected chi connectivity index (χ1v) is 9.59. The predicted molar refractivity (Wildman–Crippen MR) is 112 cm³/mol. The van der Waals surface area contributed by atoms with Crippen LogP contribution in [0.5, 0.6) is 0 Å². The van der Waals surface area contributed by atoms with Crippen molar-refractivity contribution in [1.82, 2.24) is 9.88 Å². The minimum absolute atomic E-state index is 0.0316. The number of rotatable bonds is 3. The molecule has 2 heterocycles. The van der Waals surface area contributed by atoms with Crippen LogP contribution < -0.4 is 4.90 Å². The molecule has 0 saturated carbocycles. The molecule has 1 aliphatic rings. The maximum atomic E-state index is 12.8. The molecule has 1 amide bonds. The van der Waals surface area contributed by atoms with Crippen LogP contribution in [0.2, 0.25) is 0 Å². The highest BCUT2D eigenvalue weighted by atomic mass is 16.6. The Balaban J connectivity index is 1.47. The van der Waals surface area contributed by atoms with Crippen LogP contribution in [-0.4, -0.2) is 46.9 Å². The zero-order chi connectivity index (χ0) is 20.5. The number of carbonyl (C=O) groups is 1. The van der Waals surface area contributed by atoms with E-state index in [4.69, 9.17) is 4.98 Å². The highest BCUT2D eigenvalue weighted by Crippen LogP contribution is 2.24. The van der Waals surface area contributed by atoms with Crippen molar-refractivity contribution in [1.29, 1.82) is 0 Å². The Morgan fingerprint density at radius 1 is 1.00 bits per heavy atom. The Morgan fingerprint density at radius 3 is 2.41 bits per heavy atom. The van der Waals surface area contributed by atoms with Gasteiger partial charge in [-0.3, -0.25) is 14.9 Å². The van der Waals surface area contributed by atoms with Gasteiger partial charge in [0.05, 0.1) is 10.4 Å². The second-order valence-corrected chi connectivity index (χ2v) is 7.35. The van der Waals surface area contributed by atoms with E-state index in [1.807, 2.05) is 18.2 Å². The molecule has 29 heavy (non-hydrogen) atoms. The fourth-order valence-corrected chi connectivity index (χ4v) is 3.81. The van der Waals surface area contributed by atoms with E-state index in [0.29, 0.717) is 37.3 Å². The van der Waals surface area contributed by atoms with Crippen LogP contribution in [0.15, 0.2) is 48.5 Å². The van der Waals surface area contributed by atoms with Crippen molar-refractivity contribution in [2.75, 3.05) is 31.1 Å². The van der Waals surface area contributed by atoms with E-state index in [-0.39, 0.29) is 11.6 Å². The van der Waals surface area contributed by atoms with Crippen LogP contribution in [0, 0.1) is 24.0 Å². The monoisotopic (exact) mass is 390 g/mol. The highest BCUT2D eigenvalue weighted by molar-refractivity contribution is 5.95. The van der Waals surface area contributed by atoms with Gasteiger partial charge in [-0.25, -0.2) is 4.98 Å². The summed E-state index contributed by atoms with van der Waals surface area (Å²) in [6.45, 7) is 6.31. The Kier molecular flexibility index (Phi) is 4.88. The number of nitro groups is 1. The van der Waals surface area contributed by atoms with E-state index < -0.39 is 4.92 Å². The summed E-state index contributed by atoms with van der Waals surface area (Å²) in [5.41, 5.74) is 3.17. The van der Waals surface area contributed by atoms with Crippen LogP contribution in [0.3, 0.4) is 0 Å². The first kappa shape index (κ1) is 18.9. The van der Waals surface area contributed by atoms with Crippen LogP contribution >= 0.6 is 0 Å². The molecule has 0 N–H and O–H groups in total. The zero-order valence-electron chi connectivity index (χ0n) is 16.5. The summed E-state index contributed by atoms with van der Waals surface area (Å²) in [5.74, 6) is 0.838. The standard InChI is InChI=1S/C22H22N4O3/c1-15-14-21(23-19-6-4-3-5-18(15)19)24-9-11-25(12-10-24)22(27)17-7-8-20(26(28)29)16(2)13-17/h3-8,13-14H,9-12H2,1-2H3.